The summed E-state index contributed by atoms with van der Waals surface area (Å²) in [4.78, 5) is 31.8. The summed E-state index contributed by atoms with van der Waals surface area (Å²) in [5.41, 5.74) is 6.80. The van der Waals surface area contributed by atoms with Gasteiger partial charge in [-0.2, -0.15) is 0 Å². The first-order valence-corrected chi connectivity index (χ1v) is 12.6. The number of fused-ring (bicyclic) bond motifs is 2. The average molecular weight is 503 g/mol. The van der Waals surface area contributed by atoms with Crippen LogP contribution in [-0.2, 0) is 24.1 Å². The highest BCUT2D eigenvalue weighted by atomic mass is 19.1. The van der Waals surface area contributed by atoms with Crippen LogP contribution in [-0.4, -0.2) is 34.1 Å². The Balaban J connectivity index is 1.77. The fourth-order valence-corrected chi connectivity index (χ4v) is 5.83. The lowest BCUT2D eigenvalue weighted by atomic mass is 9.83. The molecular formula is C30H31FN2O4. The van der Waals surface area contributed by atoms with Crippen LogP contribution < -0.4 is 9.64 Å². The van der Waals surface area contributed by atoms with Gasteiger partial charge in [0.1, 0.15) is 0 Å². The molecule has 2 aromatic carbocycles. The van der Waals surface area contributed by atoms with Gasteiger partial charge in [0.15, 0.2) is 11.6 Å². The molecule has 0 bridgehead atoms. The van der Waals surface area contributed by atoms with Gasteiger partial charge in [-0.15, -0.1) is 0 Å². The number of anilines is 1. The minimum atomic E-state index is -0.959. The predicted octanol–water partition coefficient (Wildman–Crippen LogP) is 5.75. The lowest BCUT2D eigenvalue weighted by molar-refractivity contribution is -0.136. The van der Waals surface area contributed by atoms with Crippen molar-refractivity contribution in [1.82, 2.24) is 4.98 Å². The van der Waals surface area contributed by atoms with Gasteiger partial charge in [0.2, 0.25) is 0 Å². The highest BCUT2D eigenvalue weighted by molar-refractivity contribution is 6.09. The van der Waals surface area contributed by atoms with Gasteiger partial charge in [0.25, 0.3) is 5.91 Å². The molecule has 1 N–H and O–H groups in total. The van der Waals surface area contributed by atoms with E-state index in [9.17, 15) is 14.7 Å². The number of amides is 1. The monoisotopic (exact) mass is 502 g/mol. The van der Waals surface area contributed by atoms with E-state index in [-0.39, 0.29) is 12.3 Å². The van der Waals surface area contributed by atoms with Crippen molar-refractivity contribution in [3.05, 3.63) is 75.4 Å². The van der Waals surface area contributed by atoms with E-state index in [1.165, 1.54) is 6.07 Å². The molecule has 5 rings (SSSR count). The first-order chi connectivity index (χ1) is 17.5. The smallest absolute Gasteiger partial charge is 0.307 e. The van der Waals surface area contributed by atoms with Crippen LogP contribution in [0.1, 0.15) is 64.1 Å². The SMILES string of the molecule is Cc1ccc(C(=O)N2c3cc(C)c(CC(=O)O)c(-c4cc(F)c5c(c4C)CCCO5)c3CC2(C)C)cn1. The normalized spacial score (nSPS) is 15.7. The van der Waals surface area contributed by atoms with Gasteiger partial charge in [0.05, 0.1) is 18.6 Å². The van der Waals surface area contributed by atoms with Crippen molar-refractivity contribution in [2.75, 3.05) is 11.5 Å². The Morgan fingerprint density at radius 1 is 1.16 bits per heavy atom. The standard InChI is InChI=1S/C30H31FN2O4/c1-16-11-25-23(14-30(4,5)33(25)29(36)19-9-8-17(2)32-15-19)27(21(16)13-26(34)35)22-12-24(31)28-20(18(22)3)7-6-10-37-28/h8-9,11-12,15H,6-7,10,13-14H2,1-5H3,(H,34,35). The number of nitrogens with zero attached hydrogens (tertiary/aromatic N) is 2. The number of carbonyl (C=O) groups is 2. The molecule has 0 atom stereocenters. The number of hydrogen-bond acceptors (Lipinski definition) is 4. The number of halogens is 1. The number of hydrogen-bond donors (Lipinski definition) is 1. The van der Waals surface area contributed by atoms with Crippen molar-refractivity contribution < 1.29 is 23.8 Å². The van der Waals surface area contributed by atoms with Crippen molar-refractivity contribution in [2.45, 2.75) is 65.8 Å². The first kappa shape index (κ1) is 24.9. The fourth-order valence-electron chi connectivity index (χ4n) is 5.83. The molecule has 1 amide bonds. The molecule has 7 heteroatoms. The number of aliphatic carboxylic acids is 1. The van der Waals surface area contributed by atoms with E-state index in [0.29, 0.717) is 47.5 Å². The van der Waals surface area contributed by atoms with Crippen LogP contribution in [0.3, 0.4) is 0 Å². The summed E-state index contributed by atoms with van der Waals surface area (Å²) in [6.07, 6.45) is 3.39. The molecule has 0 spiro atoms. The van der Waals surface area contributed by atoms with Crippen LogP contribution >= 0.6 is 0 Å². The van der Waals surface area contributed by atoms with E-state index in [1.54, 1.807) is 17.2 Å². The minimum absolute atomic E-state index is 0.172. The van der Waals surface area contributed by atoms with E-state index < -0.39 is 17.3 Å². The van der Waals surface area contributed by atoms with Crippen LogP contribution in [0.2, 0.25) is 0 Å². The van der Waals surface area contributed by atoms with Gasteiger partial charge in [0, 0.05) is 28.7 Å². The summed E-state index contributed by atoms with van der Waals surface area (Å²) in [5, 5.41) is 9.78. The molecule has 1 aromatic heterocycles. The van der Waals surface area contributed by atoms with Crippen molar-refractivity contribution in [2.24, 2.45) is 0 Å². The average Bonchev–Trinajstić information content (AvgIpc) is 3.11. The summed E-state index contributed by atoms with van der Waals surface area (Å²) >= 11 is 0. The predicted molar refractivity (Wildman–Crippen MR) is 140 cm³/mol. The maximum atomic E-state index is 15.3. The Labute approximate surface area is 216 Å². The Hall–Kier alpha value is -3.74. The van der Waals surface area contributed by atoms with E-state index in [1.807, 2.05) is 46.8 Å². The third kappa shape index (κ3) is 4.16. The number of aromatic nitrogens is 1. The molecule has 0 saturated carbocycles. The van der Waals surface area contributed by atoms with Crippen molar-refractivity contribution in [1.29, 1.82) is 0 Å². The Morgan fingerprint density at radius 2 is 1.92 bits per heavy atom. The van der Waals surface area contributed by atoms with E-state index in [4.69, 9.17) is 4.74 Å². The second kappa shape index (κ2) is 8.98. The Morgan fingerprint density at radius 3 is 2.59 bits per heavy atom. The third-order valence-corrected chi connectivity index (χ3v) is 7.59. The second-order valence-electron chi connectivity index (χ2n) is 10.7. The Bertz CT molecular complexity index is 1440. The van der Waals surface area contributed by atoms with Crippen LogP contribution in [0.5, 0.6) is 5.75 Å². The molecule has 37 heavy (non-hydrogen) atoms. The quantitative estimate of drug-likeness (QED) is 0.492. The van der Waals surface area contributed by atoms with Gasteiger partial charge in [-0.3, -0.25) is 14.6 Å². The maximum Gasteiger partial charge on any atom is 0.307 e. The zero-order valence-electron chi connectivity index (χ0n) is 21.9. The number of benzene rings is 2. The summed E-state index contributed by atoms with van der Waals surface area (Å²) in [7, 11) is 0. The molecule has 192 valence electrons. The highest BCUT2D eigenvalue weighted by Crippen LogP contribution is 2.49. The third-order valence-electron chi connectivity index (χ3n) is 7.59. The van der Waals surface area contributed by atoms with E-state index in [2.05, 4.69) is 4.98 Å². The lowest BCUT2D eigenvalue weighted by Gasteiger charge is -2.32. The summed E-state index contributed by atoms with van der Waals surface area (Å²) < 4.78 is 21.0. The maximum absolute atomic E-state index is 15.3. The number of carbonyl (C=O) groups excluding carboxylic acids is 1. The number of pyridine rings is 1. The first-order valence-electron chi connectivity index (χ1n) is 12.6. The van der Waals surface area contributed by atoms with Crippen LogP contribution in [0.4, 0.5) is 10.1 Å². The summed E-state index contributed by atoms with van der Waals surface area (Å²) in [6, 6.07) is 6.96. The number of aryl methyl sites for hydroxylation is 2. The number of carboxylic acid groups (broad SMARTS) is 1. The zero-order valence-corrected chi connectivity index (χ0v) is 21.9. The molecule has 0 unspecified atom stereocenters. The zero-order chi connectivity index (χ0) is 26.6. The molecule has 2 aliphatic rings. The van der Waals surface area contributed by atoms with Crippen LogP contribution in [0.25, 0.3) is 11.1 Å². The molecule has 2 aliphatic heterocycles. The Kier molecular flexibility index (Phi) is 6.05. The largest absolute Gasteiger partial charge is 0.490 e. The minimum Gasteiger partial charge on any atom is -0.490 e. The highest BCUT2D eigenvalue weighted by Gasteiger charge is 2.43. The second-order valence-corrected chi connectivity index (χ2v) is 10.7. The molecule has 0 saturated heterocycles. The van der Waals surface area contributed by atoms with Gasteiger partial charge in [-0.1, -0.05) is 0 Å². The summed E-state index contributed by atoms with van der Waals surface area (Å²) in [6.45, 7) is 10.1. The number of ether oxygens (including phenoxy) is 1. The molecular weight excluding hydrogens is 471 g/mol. The van der Waals surface area contributed by atoms with E-state index in [0.717, 1.165) is 40.1 Å². The molecule has 6 nitrogen and oxygen atoms in total. The fraction of sp³-hybridized carbons (Fsp3) is 0.367. The van der Waals surface area contributed by atoms with Gasteiger partial charge in [-0.05, 0) is 112 Å². The van der Waals surface area contributed by atoms with Crippen LogP contribution in [0.15, 0.2) is 30.5 Å². The van der Waals surface area contributed by atoms with Gasteiger partial charge < -0.3 is 14.7 Å². The molecule has 0 radical (unpaired) electrons. The van der Waals surface area contributed by atoms with Crippen molar-refractivity contribution >= 4 is 17.6 Å². The lowest BCUT2D eigenvalue weighted by Crippen LogP contribution is -2.45. The molecule has 3 aromatic rings. The molecule has 0 aliphatic carbocycles. The van der Waals surface area contributed by atoms with Crippen molar-refractivity contribution in [3.63, 3.8) is 0 Å². The molecule has 0 fully saturated rings. The van der Waals surface area contributed by atoms with Crippen molar-refractivity contribution in [3.8, 4) is 16.9 Å². The van der Waals surface area contributed by atoms with Crippen LogP contribution in [0, 0.1) is 26.6 Å². The van der Waals surface area contributed by atoms with Gasteiger partial charge in [-0.25, -0.2) is 4.39 Å². The number of rotatable bonds is 4. The van der Waals surface area contributed by atoms with Gasteiger partial charge >= 0.3 is 5.97 Å². The molecule has 3 heterocycles. The topological polar surface area (TPSA) is 79.7 Å². The number of carboxylic acids is 1. The summed E-state index contributed by atoms with van der Waals surface area (Å²) in [5.74, 6) is -1.28. The van der Waals surface area contributed by atoms with E-state index >= 15 is 4.39 Å².